The molecule has 3 heteroatoms. The number of piperidine rings is 1. The summed E-state index contributed by atoms with van der Waals surface area (Å²) < 4.78 is 2.22. The highest BCUT2D eigenvalue weighted by Crippen LogP contribution is 2.22. The van der Waals surface area contributed by atoms with Crippen LogP contribution in [0.15, 0.2) is 30.5 Å². The Labute approximate surface area is 108 Å². The number of likely N-dealkylation sites (tertiary alicyclic amines) is 1. The van der Waals surface area contributed by atoms with E-state index in [0.717, 1.165) is 32.5 Å². The first-order chi connectivity index (χ1) is 8.74. The highest BCUT2D eigenvalue weighted by molar-refractivity contribution is 5.83. The van der Waals surface area contributed by atoms with E-state index in [1.165, 1.54) is 16.5 Å². The van der Waals surface area contributed by atoms with E-state index in [1.807, 2.05) is 0 Å². The lowest BCUT2D eigenvalue weighted by molar-refractivity contribution is 0.206. The summed E-state index contributed by atoms with van der Waals surface area (Å²) in [7, 11) is 2.12. The van der Waals surface area contributed by atoms with Gasteiger partial charge in [0.15, 0.2) is 0 Å². The van der Waals surface area contributed by atoms with Gasteiger partial charge in [-0.05, 0) is 37.6 Å². The molecule has 1 aromatic carbocycles. The Morgan fingerprint density at radius 2 is 1.94 bits per heavy atom. The van der Waals surface area contributed by atoms with Crippen LogP contribution in [0, 0.1) is 0 Å². The maximum Gasteiger partial charge on any atom is 0.0481 e. The quantitative estimate of drug-likeness (QED) is 0.876. The molecule has 0 aliphatic carbocycles. The van der Waals surface area contributed by atoms with Crippen LogP contribution in [0.1, 0.15) is 18.4 Å². The molecule has 2 N–H and O–H groups in total. The summed E-state index contributed by atoms with van der Waals surface area (Å²) >= 11 is 0. The van der Waals surface area contributed by atoms with Gasteiger partial charge in [0, 0.05) is 36.7 Å². The van der Waals surface area contributed by atoms with E-state index >= 15 is 0 Å². The summed E-state index contributed by atoms with van der Waals surface area (Å²) in [6.07, 6.45) is 4.52. The highest BCUT2D eigenvalue weighted by atomic mass is 15.1. The van der Waals surface area contributed by atoms with Crippen LogP contribution >= 0.6 is 0 Å². The maximum absolute atomic E-state index is 5.95. The third-order valence-corrected chi connectivity index (χ3v) is 4.01. The van der Waals surface area contributed by atoms with Crippen molar-refractivity contribution < 1.29 is 0 Å². The van der Waals surface area contributed by atoms with Crippen LogP contribution in [0.4, 0.5) is 0 Å². The standard InChI is InChI=1S/C15H21N3/c1-17-10-12(14-4-2-3-5-15(14)17)11-18-8-6-13(16)7-9-18/h2-5,10,13H,6-9,11,16H2,1H3. The molecule has 0 unspecified atom stereocenters. The number of fused-ring (bicyclic) bond motifs is 1. The molecule has 0 atom stereocenters. The summed E-state index contributed by atoms with van der Waals surface area (Å²) in [5.74, 6) is 0. The molecule has 0 bridgehead atoms. The Kier molecular flexibility index (Phi) is 3.10. The van der Waals surface area contributed by atoms with Crippen molar-refractivity contribution >= 4 is 10.9 Å². The lowest BCUT2D eigenvalue weighted by Gasteiger charge is -2.29. The van der Waals surface area contributed by atoms with Crippen LogP contribution in [0.5, 0.6) is 0 Å². The van der Waals surface area contributed by atoms with Gasteiger partial charge in [-0.25, -0.2) is 0 Å². The fourth-order valence-corrected chi connectivity index (χ4v) is 2.90. The first-order valence-corrected chi connectivity index (χ1v) is 6.75. The minimum Gasteiger partial charge on any atom is -0.350 e. The van der Waals surface area contributed by atoms with E-state index in [4.69, 9.17) is 5.73 Å². The number of rotatable bonds is 2. The molecule has 0 amide bonds. The molecule has 2 heterocycles. The molecule has 1 saturated heterocycles. The molecular weight excluding hydrogens is 222 g/mol. The predicted octanol–water partition coefficient (Wildman–Crippen LogP) is 2.10. The Bertz CT molecular complexity index is 536. The topological polar surface area (TPSA) is 34.2 Å². The van der Waals surface area contributed by atoms with Gasteiger partial charge in [-0.3, -0.25) is 4.90 Å². The third-order valence-electron chi connectivity index (χ3n) is 4.01. The van der Waals surface area contributed by atoms with Crippen LogP contribution in [0.2, 0.25) is 0 Å². The molecular formula is C15H21N3. The number of para-hydroxylation sites is 1. The average molecular weight is 243 g/mol. The third kappa shape index (κ3) is 2.16. The summed E-state index contributed by atoms with van der Waals surface area (Å²) in [6.45, 7) is 3.31. The molecule has 18 heavy (non-hydrogen) atoms. The summed E-state index contributed by atoms with van der Waals surface area (Å²) in [5, 5.41) is 1.38. The Balaban J connectivity index is 1.82. The molecule has 2 aromatic rings. The van der Waals surface area contributed by atoms with Gasteiger partial charge in [0.1, 0.15) is 0 Å². The second-order valence-corrected chi connectivity index (χ2v) is 5.40. The number of nitrogens with zero attached hydrogens (tertiary/aromatic N) is 2. The van der Waals surface area contributed by atoms with Gasteiger partial charge < -0.3 is 10.3 Å². The van der Waals surface area contributed by atoms with Crippen LogP contribution in [-0.4, -0.2) is 28.6 Å². The number of nitrogens with two attached hydrogens (primary N) is 1. The van der Waals surface area contributed by atoms with Crippen molar-refractivity contribution in [3.05, 3.63) is 36.0 Å². The van der Waals surface area contributed by atoms with Gasteiger partial charge in [0.2, 0.25) is 0 Å². The minimum absolute atomic E-state index is 0.411. The van der Waals surface area contributed by atoms with E-state index in [-0.39, 0.29) is 0 Å². The number of aromatic nitrogens is 1. The summed E-state index contributed by atoms with van der Waals surface area (Å²) in [4.78, 5) is 2.52. The zero-order valence-corrected chi connectivity index (χ0v) is 11.0. The minimum atomic E-state index is 0.411. The van der Waals surface area contributed by atoms with Gasteiger partial charge in [-0.1, -0.05) is 18.2 Å². The molecule has 1 fully saturated rings. The lowest BCUT2D eigenvalue weighted by Crippen LogP contribution is -2.39. The second-order valence-electron chi connectivity index (χ2n) is 5.40. The Morgan fingerprint density at radius 1 is 1.22 bits per heavy atom. The van der Waals surface area contributed by atoms with Crippen molar-refractivity contribution in [3.8, 4) is 0 Å². The van der Waals surface area contributed by atoms with E-state index in [9.17, 15) is 0 Å². The fourth-order valence-electron chi connectivity index (χ4n) is 2.90. The smallest absolute Gasteiger partial charge is 0.0481 e. The molecule has 1 aliphatic rings. The second kappa shape index (κ2) is 4.75. The largest absolute Gasteiger partial charge is 0.350 e. The zero-order valence-electron chi connectivity index (χ0n) is 11.0. The Hall–Kier alpha value is -1.32. The Morgan fingerprint density at radius 3 is 2.72 bits per heavy atom. The number of aryl methyl sites for hydroxylation is 1. The van der Waals surface area contributed by atoms with Crippen molar-refractivity contribution in [1.82, 2.24) is 9.47 Å². The van der Waals surface area contributed by atoms with Crippen LogP contribution in [0.3, 0.4) is 0 Å². The van der Waals surface area contributed by atoms with E-state index in [1.54, 1.807) is 0 Å². The summed E-state index contributed by atoms with van der Waals surface area (Å²) in [5.41, 5.74) is 8.71. The van der Waals surface area contributed by atoms with Crippen LogP contribution < -0.4 is 5.73 Å². The van der Waals surface area contributed by atoms with Crippen LogP contribution in [-0.2, 0) is 13.6 Å². The number of benzene rings is 1. The van der Waals surface area contributed by atoms with Crippen molar-refractivity contribution in [3.63, 3.8) is 0 Å². The first-order valence-electron chi connectivity index (χ1n) is 6.75. The van der Waals surface area contributed by atoms with Crippen molar-refractivity contribution in [2.75, 3.05) is 13.1 Å². The molecule has 96 valence electrons. The lowest BCUT2D eigenvalue weighted by atomic mass is 10.1. The van der Waals surface area contributed by atoms with Crippen LogP contribution in [0.25, 0.3) is 10.9 Å². The van der Waals surface area contributed by atoms with E-state index in [0.29, 0.717) is 6.04 Å². The zero-order chi connectivity index (χ0) is 12.5. The predicted molar refractivity (Wildman–Crippen MR) is 75.4 cm³/mol. The summed E-state index contributed by atoms with van der Waals surface area (Å²) in [6, 6.07) is 9.05. The monoisotopic (exact) mass is 243 g/mol. The average Bonchev–Trinajstić information content (AvgIpc) is 2.70. The normalized spacial score (nSPS) is 18.6. The van der Waals surface area contributed by atoms with Crippen molar-refractivity contribution in [2.24, 2.45) is 12.8 Å². The molecule has 0 spiro atoms. The maximum atomic E-state index is 5.95. The van der Waals surface area contributed by atoms with Crippen molar-refractivity contribution in [1.29, 1.82) is 0 Å². The van der Waals surface area contributed by atoms with Gasteiger partial charge >= 0.3 is 0 Å². The molecule has 0 radical (unpaired) electrons. The highest BCUT2D eigenvalue weighted by Gasteiger charge is 2.17. The van der Waals surface area contributed by atoms with Gasteiger partial charge in [0.05, 0.1) is 0 Å². The fraction of sp³-hybridized carbons (Fsp3) is 0.467. The van der Waals surface area contributed by atoms with Gasteiger partial charge in [-0.2, -0.15) is 0 Å². The van der Waals surface area contributed by atoms with Crippen molar-refractivity contribution in [2.45, 2.75) is 25.4 Å². The molecule has 1 aromatic heterocycles. The molecule has 0 saturated carbocycles. The first kappa shape index (κ1) is 11.8. The number of hydrogen-bond acceptors (Lipinski definition) is 2. The number of hydrogen-bond donors (Lipinski definition) is 1. The van der Waals surface area contributed by atoms with Gasteiger partial charge in [0.25, 0.3) is 0 Å². The molecule has 3 nitrogen and oxygen atoms in total. The van der Waals surface area contributed by atoms with E-state index in [2.05, 4.69) is 47.0 Å². The van der Waals surface area contributed by atoms with Gasteiger partial charge in [-0.15, -0.1) is 0 Å². The van der Waals surface area contributed by atoms with E-state index < -0.39 is 0 Å². The SMILES string of the molecule is Cn1cc(CN2CCC(N)CC2)c2ccccc21. The molecule has 3 rings (SSSR count). The molecule has 1 aliphatic heterocycles.